The summed E-state index contributed by atoms with van der Waals surface area (Å²) in [4.78, 5) is 26.8. The maximum absolute atomic E-state index is 14.2. The second-order valence-electron chi connectivity index (χ2n) is 17.4. The van der Waals surface area contributed by atoms with Gasteiger partial charge in [-0.25, -0.2) is 4.79 Å². The van der Waals surface area contributed by atoms with Crippen LogP contribution in [0.25, 0.3) is 0 Å². The minimum atomic E-state index is -0.500. The van der Waals surface area contributed by atoms with Crippen molar-refractivity contribution in [3.8, 4) is 0 Å². The number of hydrogen-bond acceptors (Lipinski definition) is 5. The van der Waals surface area contributed by atoms with E-state index in [-0.39, 0.29) is 46.9 Å². The molecule has 5 saturated carbocycles. The third kappa shape index (κ3) is 4.63. The van der Waals surface area contributed by atoms with Gasteiger partial charge in [0.2, 0.25) is 0 Å². The van der Waals surface area contributed by atoms with Crippen LogP contribution in [0.5, 0.6) is 0 Å². The highest BCUT2D eigenvalue weighted by Gasteiger charge is 2.72. The smallest absolute Gasteiger partial charge is 0.344 e. The quantitative estimate of drug-likeness (QED) is 0.329. The van der Waals surface area contributed by atoms with Gasteiger partial charge in [-0.2, -0.15) is 0 Å². The van der Waals surface area contributed by atoms with E-state index in [9.17, 15) is 14.7 Å². The molecule has 5 nitrogen and oxygen atoms in total. The summed E-state index contributed by atoms with van der Waals surface area (Å²) in [5.41, 5.74) is 0.984. The van der Waals surface area contributed by atoms with Gasteiger partial charge >= 0.3 is 11.9 Å². The minimum Gasteiger partial charge on any atom is -0.458 e. The summed E-state index contributed by atoms with van der Waals surface area (Å²) in [7, 11) is 0. The lowest BCUT2D eigenvalue weighted by atomic mass is 9.32. The Kier molecular flexibility index (Phi) is 8.11. The third-order valence-electron chi connectivity index (χ3n) is 15.3. The molecule has 0 radical (unpaired) electrons. The third-order valence-corrected chi connectivity index (χ3v) is 15.3. The molecule has 5 aliphatic rings. The van der Waals surface area contributed by atoms with Crippen molar-refractivity contribution in [2.45, 2.75) is 125 Å². The first kappa shape index (κ1) is 32.1. The summed E-state index contributed by atoms with van der Waals surface area (Å²) in [5, 5.41) is 11.0. The van der Waals surface area contributed by atoms with Crippen molar-refractivity contribution in [1.29, 1.82) is 0 Å². The molecule has 244 valence electrons. The van der Waals surface area contributed by atoms with Gasteiger partial charge in [-0.3, -0.25) is 4.79 Å². The average Bonchev–Trinajstić information content (AvgIpc) is 3.39. The van der Waals surface area contributed by atoms with Crippen LogP contribution >= 0.6 is 0 Å². The molecule has 1 N–H and O–H groups in total. The molecule has 0 amide bonds. The fraction of sp³-hybridized carbons (Fsp3) is 0.795. The molecule has 10 atom stereocenters. The van der Waals surface area contributed by atoms with Crippen LogP contribution in [-0.4, -0.2) is 29.8 Å². The number of carbonyl (C=O) groups is 2. The largest absolute Gasteiger partial charge is 0.458 e. The molecule has 0 heterocycles. The Hall–Kier alpha value is -1.88. The van der Waals surface area contributed by atoms with Gasteiger partial charge in [-0.1, -0.05) is 78.8 Å². The van der Waals surface area contributed by atoms with E-state index in [4.69, 9.17) is 9.47 Å². The lowest BCUT2D eigenvalue weighted by Crippen LogP contribution is -2.67. The molecule has 1 aromatic carbocycles. The lowest BCUT2D eigenvalue weighted by molar-refractivity contribution is -0.250. The molecule has 0 aliphatic heterocycles. The Bertz CT molecular complexity index is 1240. The molecule has 0 aromatic heterocycles. The van der Waals surface area contributed by atoms with Crippen LogP contribution in [0.4, 0.5) is 0 Å². The van der Waals surface area contributed by atoms with Crippen molar-refractivity contribution in [2.75, 3.05) is 6.61 Å². The van der Waals surface area contributed by atoms with E-state index in [0.717, 1.165) is 44.1 Å². The Balaban J connectivity index is 1.24. The molecule has 6 rings (SSSR count). The number of fused-ring (bicyclic) bond motifs is 7. The highest BCUT2D eigenvalue weighted by molar-refractivity contribution is 5.81. The van der Waals surface area contributed by atoms with E-state index in [2.05, 4.69) is 48.5 Å². The number of aliphatic hydroxyl groups is 1. The summed E-state index contributed by atoms with van der Waals surface area (Å²) in [6.07, 6.45) is 10.5. The number of esters is 2. The van der Waals surface area contributed by atoms with Crippen LogP contribution in [0, 0.1) is 62.6 Å². The minimum absolute atomic E-state index is 0.0476. The number of carbonyl (C=O) groups excluding carboxylic acids is 2. The molecule has 5 aliphatic carbocycles. The van der Waals surface area contributed by atoms with Crippen molar-refractivity contribution in [3.05, 3.63) is 35.9 Å². The maximum Gasteiger partial charge on any atom is 0.344 e. The van der Waals surface area contributed by atoms with E-state index in [0.29, 0.717) is 35.5 Å². The first-order valence-corrected chi connectivity index (χ1v) is 17.8. The number of hydrogen-bond donors (Lipinski definition) is 1. The predicted octanol–water partition coefficient (Wildman–Crippen LogP) is 8.37. The number of rotatable bonds is 6. The molecular weight excluding hydrogens is 548 g/mol. The second kappa shape index (κ2) is 11.1. The standard InChI is InChI=1S/C39H58O5/c1-25(2)27-15-20-39(34(42)44-24-32(41)43-23-26-11-9-8-10-12-26)22-21-37(6)28(33(27)39)13-14-30-36(5)18-17-31(40)35(3,4)29(36)16-19-38(30,37)7/h8-12,25,27-31,33,40H,13-24H2,1-7H3/t27-,28+,29-,30+,31-,33+,36-,37+,38+,39-/m0/s1. The van der Waals surface area contributed by atoms with Gasteiger partial charge in [0.1, 0.15) is 6.61 Å². The van der Waals surface area contributed by atoms with Gasteiger partial charge in [0.25, 0.3) is 0 Å². The summed E-state index contributed by atoms with van der Waals surface area (Å²) < 4.78 is 11.3. The van der Waals surface area contributed by atoms with Crippen LogP contribution in [0.1, 0.15) is 118 Å². The Morgan fingerprint density at radius 2 is 1.55 bits per heavy atom. The van der Waals surface area contributed by atoms with Crippen LogP contribution in [0.3, 0.4) is 0 Å². The van der Waals surface area contributed by atoms with Gasteiger partial charge in [-0.15, -0.1) is 0 Å². The number of benzene rings is 1. The zero-order chi connectivity index (χ0) is 31.7. The van der Waals surface area contributed by atoms with Gasteiger partial charge in [-0.05, 0) is 127 Å². The highest BCUT2D eigenvalue weighted by atomic mass is 16.6. The van der Waals surface area contributed by atoms with Crippen molar-refractivity contribution in [3.63, 3.8) is 0 Å². The van der Waals surface area contributed by atoms with Crippen molar-refractivity contribution >= 4 is 11.9 Å². The van der Waals surface area contributed by atoms with Gasteiger partial charge in [0, 0.05) is 0 Å². The van der Waals surface area contributed by atoms with Crippen molar-refractivity contribution in [2.24, 2.45) is 62.6 Å². The summed E-state index contributed by atoms with van der Waals surface area (Å²) in [5.74, 6) is 2.32. The molecule has 0 spiro atoms. The van der Waals surface area contributed by atoms with Crippen LogP contribution in [0.15, 0.2) is 30.3 Å². The van der Waals surface area contributed by atoms with Gasteiger partial charge < -0.3 is 14.6 Å². The van der Waals surface area contributed by atoms with E-state index < -0.39 is 11.4 Å². The van der Waals surface area contributed by atoms with Gasteiger partial charge in [0.15, 0.2) is 6.61 Å². The van der Waals surface area contributed by atoms with Gasteiger partial charge in [0.05, 0.1) is 11.5 Å². The SMILES string of the molecule is CC(C)[C@@H]1CC[C@]2(C(=O)OCC(=O)OCc3ccccc3)CC[C@]3(C)[C@H](CC[C@@H]4[C@@]5(C)CC[C@H](O)C(C)(C)[C@@H]5CC[C@]43C)[C@@H]12. The second-order valence-corrected chi connectivity index (χ2v) is 17.4. The lowest BCUT2D eigenvalue weighted by Gasteiger charge is -2.72. The van der Waals surface area contributed by atoms with E-state index in [1.54, 1.807) is 0 Å². The molecule has 0 saturated heterocycles. The van der Waals surface area contributed by atoms with Crippen molar-refractivity contribution in [1.82, 2.24) is 0 Å². The monoisotopic (exact) mass is 606 g/mol. The van der Waals surface area contributed by atoms with Crippen LogP contribution < -0.4 is 0 Å². The predicted molar refractivity (Wildman–Crippen MR) is 172 cm³/mol. The van der Waals surface area contributed by atoms with Crippen molar-refractivity contribution < 1.29 is 24.2 Å². The molecular formula is C39H58O5. The van der Waals surface area contributed by atoms with E-state index in [1.807, 2.05) is 30.3 Å². The summed E-state index contributed by atoms with van der Waals surface area (Å²) >= 11 is 0. The zero-order valence-electron chi connectivity index (χ0n) is 28.5. The fourth-order valence-electron chi connectivity index (χ4n) is 12.8. The fourth-order valence-corrected chi connectivity index (χ4v) is 12.8. The topological polar surface area (TPSA) is 72.8 Å². The summed E-state index contributed by atoms with van der Waals surface area (Å²) in [6.45, 7) is 17.0. The Labute approximate surface area is 266 Å². The van der Waals surface area contributed by atoms with Crippen LogP contribution in [0.2, 0.25) is 0 Å². The van der Waals surface area contributed by atoms with E-state index in [1.165, 1.54) is 25.7 Å². The molecule has 5 heteroatoms. The Morgan fingerprint density at radius 1 is 0.818 bits per heavy atom. The zero-order valence-corrected chi connectivity index (χ0v) is 28.5. The highest BCUT2D eigenvalue weighted by Crippen LogP contribution is 2.77. The normalized spacial score (nSPS) is 44.1. The maximum atomic E-state index is 14.2. The van der Waals surface area contributed by atoms with E-state index >= 15 is 0 Å². The molecule has 0 unspecified atom stereocenters. The van der Waals surface area contributed by atoms with Crippen LogP contribution in [-0.2, 0) is 25.7 Å². The summed E-state index contributed by atoms with van der Waals surface area (Å²) in [6, 6.07) is 9.62. The first-order valence-electron chi connectivity index (χ1n) is 17.8. The molecule has 1 aromatic rings. The molecule has 5 fully saturated rings. The Morgan fingerprint density at radius 3 is 2.25 bits per heavy atom. The first-order chi connectivity index (χ1) is 20.7. The molecule has 44 heavy (non-hydrogen) atoms. The average molecular weight is 607 g/mol. The molecule has 0 bridgehead atoms. The number of ether oxygens (including phenoxy) is 2. The number of aliphatic hydroxyl groups excluding tert-OH is 1.